The van der Waals surface area contributed by atoms with E-state index in [0.29, 0.717) is 0 Å². The van der Waals surface area contributed by atoms with E-state index in [-0.39, 0.29) is 22.9 Å². The minimum absolute atomic E-state index is 0.0726. The Morgan fingerprint density at radius 1 is 1.58 bits per heavy atom. The maximum absolute atomic E-state index is 12.9. The molecule has 3 N–H and O–H groups in total. The predicted octanol–water partition coefficient (Wildman–Crippen LogP) is 1.57. The first kappa shape index (κ1) is 9.25. The molecule has 0 aliphatic rings. The van der Waals surface area contributed by atoms with Crippen molar-refractivity contribution in [3.8, 4) is 5.75 Å². The highest BCUT2D eigenvalue weighted by Gasteiger charge is 2.07. The second-order valence-electron chi connectivity index (χ2n) is 2.21. The lowest BCUT2D eigenvalue weighted by Gasteiger charge is -2.03. The summed E-state index contributed by atoms with van der Waals surface area (Å²) in [6.07, 6.45) is 0. The Morgan fingerprint density at radius 2 is 2.25 bits per heavy atom. The Kier molecular flexibility index (Phi) is 2.86. The molecule has 0 bridgehead atoms. The summed E-state index contributed by atoms with van der Waals surface area (Å²) < 4.78 is 12.9. The van der Waals surface area contributed by atoms with E-state index >= 15 is 0 Å². The second kappa shape index (κ2) is 3.71. The van der Waals surface area contributed by atoms with Gasteiger partial charge in [-0.1, -0.05) is 11.6 Å². The Bertz CT molecular complexity index is 293. The lowest BCUT2D eigenvalue weighted by molar-refractivity contribution is 0.121. The van der Waals surface area contributed by atoms with Gasteiger partial charge < -0.3 is 5.11 Å². The van der Waals surface area contributed by atoms with Gasteiger partial charge in [0.2, 0.25) is 0 Å². The Balaban J connectivity index is 3.05. The minimum Gasteiger partial charge on any atom is -0.506 e. The van der Waals surface area contributed by atoms with Gasteiger partial charge in [-0.05, 0) is 6.07 Å². The molecule has 1 aromatic rings. The molecule has 0 saturated carbocycles. The van der Waals surface area contributed by atoms with E-state index in [1.54, 1.807) is 0 Å². The molecule has 0 aromatic heterocycles. The first-order chi connectivity index (χ1) is 5.65. The van der Waals surface area contributed by atoms with Crippen LogP contribution in [0.25, 0.3) is 0 Å². The van der Waals surface area contributed by atoms with Gasteiger partial charge in [-0.2, -0.15) is 0 Å². The summed E-state index contributed by atoms with van der Waals surface area (Å²) in [6, 6.07) is 2.18. The molecule has 0 amide bonds. The quantitative estimate of drug-likeness (QED) is 0.698. The molecule has 12 heavy (non-hydrogen) atoms. The molecular weight excluding hydrogens is 185 g/mol. The van der Waals surface area contributed by atoms with Gasteiger partial charge in [-0.15, -0.1) is 0 Å². The van der Waals surface area contributed by atoms with Crippen molar-refractivity contribution in [2.24, 2.45) is 5.90 Å². The molecule has 0 heterocycles. The molecule has 66 valence electrons. The molecule has 0 spiro atoms. The third-order valence-corrected chi connectivity index (χ3v) is 1.66. The van der Waals surface area contributed by atoms with Crippen LogP contribution in [0.15, 0.2) is 12.1 Å². The molecule has 1 aromatic carbocycles. The van der Waals surface area contributed by atoms with Crippen molar-refractivity contribution >= 4 is 11.6 Å². The van der Waals surface area contributed by atoms with Gasteiger partial charge in [0.25, 0.3) is 0 Å². The van der Waals surface area contributed by atoms with Crippen molar-refractivity contribution in [2.45, 2.75) is 6.61 Å². The molecule has 1 rings (SSSR count). The van der Waals surface area contributed by atoms with E-state index in [1.807, 2.05) is 0 Å². The van der Waals surface area contributed by atoms with Gasteiger partial charge in [0.1, 0.15) is 11.6 Å². The van der Waals surface area contributed by atoms with Crippen LogP contribution in [0.1, 0.15) is 5.56 Å². The second-order valence-corrected chi connectivity index (χ2v) is 2.61. The van der Waals surface area contributed by atoms with Crippen molar-refractivity contribution in [3.63, 3.8) is 0 Å². The number of aromatic hydroxyl groups is 1. The predicted molar refractivity (Wildman–Crippen MR) is 42.1 cm³/mol. The fourth-order valence-electron chi connectivity index (χ4n) is 0.778. The number of phenols is 1. The van der Waals surface area contributed by atoms with Crippen molar-refractivity contribution in [1.82, 2.24) is 0 Å². The van der Waals surface area contributed by atoms with E-state index in [4.69, 9.17) is 22.6 Å². The van der Waals surface area contributed by atoms with E-state index < -0.39 is 5.82 Å². The van der Waals surface area contributed by atoms with Crippen molar-refractivity contribution < 1.29 is 14.3 Å². The van der Waals surface area contributed by atoms with Gasteiger partial charge in [0.15, 0.2) is 0 Å². The largest absolute Gasteiger partial charge is 0.506 e. The number of nitrogens with two attached hydrogens (primary N) is 1. The molecule has 0 atom stereocenters. The topological polar surface area (TPSA) is 55.5 Å². The third kappa shape index (κ3) is 1.85. The Hall–Kier alpha value is -0.840. The molecule has 0 fully saturated rings. The Morgan fingerprint density at radius 3 is 2.83 bits per heavy atom. The van der Waals surface area contributed by atoms with Gasteiger partial charge >= 0.3 is 0 Å². The molecule has 5 heteroatoms. The van der Waals surface area contributed by atoms with Crippen LogP contribution in [0.5, 0.6) is 5.75 Å². The van der Waals surface area contributed by atoms with Crippen LogP contribution in [-0.4, -0.2) is 5.11 Å². The number of rotatable bonds is 2. The molecular formula is C7H7ClFNO2. The summed E-state index contributed by atoms with van der Waals surface area (Å²) in [5, 5.41) is 9.02. The normalized spacial score (nSPS) is 10.2. The maximum Gasteiger partial charge on any atom is 0.137 e. The number of halogens is 2. The first-order valence-electron chi connectivity index (χ1n) is 3.13. The van der Waals surface area contributed by atoms with Crippen LogP contribution < -0.4 is 5.90 Å². The molecule has 0 aliphatic carbocycles. The average molecular weight is 192 g/mol. The van der Waals surface area contributed by atoms with Crippen molar-refractivity contribution in [2.75, 3.05) is 0 Å². The summed E-state index contributed by atoms with van der Waals surface area (Å²) in [6.45, 7) is -0.0775. The molecule has 0 radical (unpaired) electrons. The monoisotopic (exact) mass is 191 g/mol. The van der Waals surface area contributed by atoms with Crippen LogP contribution in [0.2, 0.25) is 5.02 Å². The highest BCUT2D eigenvalue weighted by molar-refractivity contribution is 6.32. The lowest BCUT2D eigenvalue weighted by atomic mass is 10.2. The zero-order valence-electron chi connectivity index (χ0n) is 6.05. The number of hydrogen-bond acceptors (Lipinski definition) is 3. The highest BCUT2D eigenvalue weighted by atomic mass is 35.5. The zero-order chi connectivity index (χ0) is 9.14. The SMILES string of the molecule is NOCc1cc(Cl)c(O)cc1F. The lowest BCUT2D eigenvalue weighted by Crippen LogP contribution is -2.01. The van der Waals surface area contributed by atoms with Gasteiger partial charge in [-0.3, -0.25) is 4.84 Å². The summed E-state index contributed by atoms with van der Waals surface area (Å²) in [5.41, 5.74) is 0.209. The van der Waals surface area contributed by atoms with Gasteiger partial charge in [0, 0.05) is 11.6 Å². The molecule has 0 unspecified atom stereocenters. The minimum atomic E-state index is -0.595. The smallest absolute Gasteiger partial charge is 0.137 e. The fourth-order valence-corrected chi connectivity index (χ4v) is 0.964. The van der Waals surface area contributed by atoms with Crippen molar-refractivity contribution in [1.29, 1.82) is 0 Å². The van der Waals surface area contributed by atoms with Crippen LogP contribution in [-0.2, 0) is 11.4 Å². The van der Waals surface area contributed by atoms with Crippen molar-refractivity contribution in [3.05, 3.63) is 28.5 Å². The number of phenolic OH excluding ortho intramolecular Hbond substituents is 1. The fraction of sp³-hybridized carbons (Fsp3) is 0.143. The first-order valence-corrected chi connectivity index (χ1v) is 3.51. The summed E-state index contributed by atoms with van der Waals surface area (Å²) >= 11 is 5.51. The van der Waals surface area contributed by atoms with E-state index in [2.05, 4.69) is 4.84 Å². The summed E-state index contributed by atoms with van der Waals surface area (Å²) in [4.78, 5) is 4.22. The van der Waals surface area contributed by atoms with Gasteiger partial charge in [0.05, 0.1) is 11.6 Å². The van der Waals surface area contributed by atoms with E-state index in [9.17, 15) is 4.39 Å². The molecule has 0 aliphatic heterocycles. The number of hydrogen-bond donors (Lipinski definition) is 2. The zero-order valence-corrected chi connectivity index (χ0v) is 6.81. The summed E-state index contributed by atoms with van der Waals surface area (Å²) in [5.74, 6) is 3.85. The van der Waals surface area contributed by atoms with Crippen LogP contribution in [0.4, 0.5) is 4.39 Å². The highest BCUT2D eigenvalue weighted by Crippen LogP contribution is 2.26. The average Bonchev–Trinajstić information content (AvgIpc) is 2.01. The van der Waals surface area contributed by atoms with E-state index in [1.165, 1.54) is 6.07 Å². The number of benzene rings is 1. The Labute approximate surface area is 73.5 Å². The van der Waals surface area contributed by atoms with Crippen LogP contribution in [0, 0.1) is 5.82 Å². The third-order valence-electron chi connectivity index (χ3n) is 1.35. The van der Waals surface area contributed by atoms with E-state index in [0.717, 1.165) is 6.07 Å². The van der Waals surface area contributed by atoms with Crippen LogP contribution in [0.3, 0.4) is 0 Å². The molecule has 0 saturated heterocycles. The van der Waals surface area contributed by atoms with Crippen LogP contribution >= 0.6 is 11.6 Å². The maximum atomic E-state index is 12.9. The summed E-state index contributed by atoms with van der Waals surface area (Å²) in [7, 11) is 0. The standard InChI is InChI=1S/C7H7ClFNO2/c8-5-1-4(3-12-10)6(9)2-7(5)11/h1-2,11H,3,10H2. The van der Waals surface area contributed by atoms with Gasteiger partial charge in [-0.25, -0.2) is 10.3 Å². The molecule has 3 nitrogen and oxygen atoms in total.